The summed E-state index contributed by atoms with van der Waals surface area (Å²) >= 11 is 3.07. The Hall–Kier alpha value is -0.240. The third-order valence-electron chi connectivity index (χ3n) is 0.511. The number of rotatable bonds is 2. The Kier molecular flexibility index (Phi) is 3.80. The van der Waals surface area contributed by atoms with Crippen molar-refractivity contribution in [2.45, 2.75) is 0 Å². The van der Waals surface area contributed by atoms with Crippen molar-refractivity contribution in [3.05, 3.63) is 23.4 Å². The van der Waals surface area contributed by atoms with Gasteiger partial charge in [-0.25, -0.2) is 0 Å². The number of ether oxygens (including phenoxy) is 1. The van der Waals surface area contributed by atoms with E-state index in [1.807, 2.05) is 0 Å². The van der Waals surface area contributed by atoms with Gasteiger partial charge in [-0.15, -0.1) is 0 Å². The molecular weight excluding hydrogens is 156 g/mol. The average Bonchev–Trinajstić information content (AvgIpc) is 1.68. The van der Waals surface area contributed by atoms with E-state index in [1.165, 1.54) is 0 Å². The van der Waals surface area contributed by atoms with Gasteiger partial charge < -0.3 is 4.74 Å². The summed E-state index contributed by atoms with van der Waals surface area (Å²) in [6.07, 6.45) is 1.72. The Morgan fingerprint density at radius 1 is 1.86 bits per heavy atom. The fourth-order valence-electron chi connectivity index (χ4n) is 0.138. The molecule has 0 atom stereocenters. The van der Waals surface area contributed by atoms with Gasteiger partial charge in [0.15, 0.2) is 0 Å². The summed E-state index contributed by atoms with van der Waals surface area (Å²) in [5.41, 5.74) is 0. The minimum Gasteiger partial charge on any atom is -0.497 e. The van der Waals surface area contributed by atoms with Crippen LogP contribution in [0.5, 0.6) is 0 Å². The molecule has 0 spiro atoms. The lowest BCUT2D eigenvalue weighted by Gasteiger charge is -1.91. The predicted molar refractivity (Wildman–Crippen MR) is 34.2 cm³/mol. The summed E-state index contributed by atoms with van der Waals surface area (Å²) in [5.74, 6) is 0.650. The van der Waals surface area contributed by atoms with Crippen molar-refractivity contribution in [1.29, 1.82) is 0 Å². The second-order valence-electron chi connectivity index (χ2n) is 0.963. The fraction of sp³-hybridized carbons (Fsp3) is 0.200. The van der Waals surface area contributed by atoms with Gasteiger partial charge in [0.1, 0.15) is 5.76 Å². The van der Waals surface area contributed by atoms with Crippen LogP contribution >= 0.6 is 15.9 Å². The highest BCUT2D eigenvalue weighted by Gasteiger charge is 1.75. The SMILES string of the molecule is C=C(/C=C/Br)OC. The molecule has 0 aliphatic heterocycles. The van der Waals surface area contributed by atoms with Crippen LogP contribution in [0.1, 0.15) is 0 Å². The van der Waals surface area contributed by atoms with E-state index in [4.69, 9.17) is 0 Å². The zero-order valence-electron chi connectivity index (χ0n) is 4.15. The average molecular weight is 163 g/mol. The highest BCUT2D eigenvalue weighted by Crippen LogP contribution is 1.93. The van der Waals surface area contributed by atoms with E-state index in [1.54, 1.807) is 18.2 Å². The normalized spacial score (nSPS) is 9.43. The highest BCUT2D eigenvalue weighted by molar-refractivity contribution is 9.11. The lowest BCUT2D eigenvalue weighted by atomic mass is 10.6. The molecule has 0 aromatic rings. The van der Waals surface area contributed by atoms with E-state index < -0.39 is 0 Å². The molecule has 0 amide bonds. The van der Waals surface area contributed by atoms with Gasteiger partial charge in [0.25, 0.3) is 0 Å². The van der Waals surface area contributed by atoms with Crippen molar-refractivity contribution < 1.29 is 4.74 Å². The first-order valence-electron chi connectivity index (χ1n) is 1.81. The van der Waals surface area contributed by atoms with Gasteiger partial charge >= 0.3 is 0 Å². The van der Waals surface area contributed by atoms with Gasteiger partial charge in [0.05, 0.1) is 7.11 Å². The van der Waals surface area contributed by atoms with Gasteiger partial charge in [0, 0.05) is 0 Å². The van der Waals surface area contributed by atoms with Gasteiger partial charge in [-0.05, 0) is 11.1 Å². The zero-order valence-corrected chi connectivity index (χ0v) is 5.73. The Balaban J connectivity index is 3.37. The first-order chi connectivity index (χ1) is 3.31. The molecule has 0 bridgehead atoms. The van der Waals surface area contributed by atoms with Gasteiger partial charge in [-0.2, -0.15) is 0 Å². The smallest absolute Gasteiger partial charge is 0.112 e. The Morgan fingerprint density at radius 3 is 2.57 bits per heavy atom. The largest absolute Gasteiger partial charge is 0.497 e. The molecule has 40 valence electrons. The summed E-state index contributed by atoms with van der Waals surface area (Å²) in [6.45, 7) is 3.52. The molecule has 0 fully saturated rings. The van der Waals surface area contributed by atoms with Crippen LogP contribution in [0.2, 0.25) is 0 Å². The molecule has 0 heterocycles. The lowest BCUT2D eigenvalue weighted by molar-refractivity contribution is 0.309. The number of hydrogen-bond acceptors (Lipinski definition) is 1. The Bertz CT molecular complexity index is 86.1. The minimum absolute atomic E-state index is 0.650. The summed E-state index contributed by atoms with van der Waals surface area (Å²) in [5, 5.41) is 0. The maximum atomic E-state index is 4.68. The van der Waals surface area contributed by atoms with E-state index in [-0.39, 0.29) is 0 Å². The van der Waals surface area contributed by atoms with Crippen molar-refractivity contribution >= 4 is 15.9 Å². The van der Waals surface area contributed by atoms with Crippen molar-refractivity contribution in [2.24, 2.45) is 0 Å². The van der Waals surface area contributed by atoms with Crippen LogP contribution in [-0.4, -0.2) is 7.11 Å². The maximum absolute atomic E-state index is 4.68. The van der Waals surface area contributed by atoms with Crippen LogP contribution in [-0.2, 0) is 4.74 Å². The topological polar surface area (TPSA) is 9.23 Å². The van der Waals surface area contributed by atoms with Crippen LogP contribution in [0.15, 0.2) is 23.4 Å². The predicted octanol–water partition coefficient (Wildman–Crippen LogP) is 2.06. The number of methoxy groups -OCH3 is 1. The van der Waals surface area contributed by atoms with Crippen LogP contribution < -0.4 is 0 Å². The second kappa shape index (κ2) is 3.93. The molecule has 0 N–H and O–H groups in total. The third kappa shape index (κ3) is 3.59. The Labute approximate surface area is 51.8 Å². The zero-order chi connectivity index (χ0) is 5.70. The molecular formula is C5H7BrO. The van der Waals surface area contributed by atoms with E-state index in [9.17, 15) is 0 Å². The Morgan fingerprint density at radius 2 is 2.43 bits per heavy atom. The minimum atomic E-state index is 0.650. The summed E-state index contributed by atoms with van der Waals surface area (Å²) in [4.78, 5) is 1.69. The second-order valence-corrected chi connectivity index (χ2v) is 1.49. The van der Waals surface area contributed by atoms with E-state index in [2.05, 4.69) is 27.2 Å². The molecule has 0 aromatic heterocycles. The molecule has 0 radical (unpaired) electrons. The van der Waals surface area contributed by atoms with Crippen LogP contribution in [0, 0.1) is 0 Å². The number of hydrogen-bond donors (Lipinski definition) is 0. The van der Waals surface area contributed by atoms with Gasteiger partial charge in [0.2, 0.25) is 0 Å². The van der Waals surface area contributed by atoms with Crippen LogP contribution in [0.25, 0.3) is 0 Å². The molecule has 0 saturated heterocycles. The molecule has 0 saturated carbocycles. The molecule has 7 heavy (non-hydrogen) atoms. The highest BCUT2D eigenvalue weighted by atomic mass is 79.9. The van der Waals surface area contributed by atoms with E-state index in [0.29, 0.717) is 5.76 Å². The van der Waals surface area contributed by atoms with Crippen LogP contribution in [0.3, 0.4) is 0 Å². The quantitative estimate of drug-likeness (QED) is 0.447. The van der Waals surface area contributed by atoms with Crippen molar-refractivity contribution in [2.75, 3.05) is 7.11 Å². The first kappa shape index (κ1) is 6.76. The van der Waals surface area contributed by atoms with Crippen molar-refractivity contribution in [1.82, 2.24) is 0 Å². The van der Waals surface area contributed by atoms with Gasteiger partial charge in [-0.3, -0.25) is 0 Å². The molecule has 0 rings (SSSR count). The standard InChI is InChI=1S/C5H7BrO/c1-5(7-2)3-4-6/h3-4H,1H2,2H3/b4-3+. The van der Waals surface area contributed by atoms with Crippen molar-refractivity contribution in [3.63, 3.8) is 0 Å². The number of halogens is 1. The maximum Gasteiger partial charge on any atom is 0.112 e. The lowest BCUT2D eigenvalue weighted by Crippen LogP contribution is -1.74. The number of allylic oxidation sites excluding steroid dienone is 1. The molecule has 0 unspecified atom stereocenters. The van der Waals surface area contributed by atoms with E-state index in [0.717, 1.165) is 0 Å². The van der Waals surface area contributed by atoms with Gasteiger partial charge in [-0.1, -0.05) is 22.5 Å². The summed E-state index contributed by atoms with van der Waals surface area (Å²) in [7, 11) is 1.58. The monoisotopic (exact) mass is 162 g/mol. The first-order valence-corrected chi connectivity index (χ1v) is 2.72. The summed E-state index contributed by atoms with van der Waals surface area (Å²) < 4.78 is 4.68. The third-order valence-corrected chi connectivity index (χ3v) is 0.775. The molecule has 1 nitrogen and oxygen atoms in total. The van der Waals surface area contributed by atoms with Crippen LogP contribution in [0.4, 0.5) is 0 Å². The molecule has 0 aromatic carbocycles. The fourth-order valence-corrected chi connectivity index (χ4v) is 0.433. The molecule has 0 aliphatic rings. The summed E-state index contributed by atoms with van der Waals surface area (Å²) in [6, 6.07) is 0. The van der Waals surface area contributed by atoms with E-state index >= 15 is 0 Å². The van der Waals surface area contributed by atoms with Crippen molar-refractivity contribution in [3.8, 4) is 0 Å². The molecule has 2 heteroatoms. The molecule has 0 aliphatic carbocycles.